The molecule has 1 aromatic heterocycles. The number of carbonyl (C=O) groups excluding carboxylic acids is 1. The van der Waals surface area contributed by atoms with Crippen LogP contribution in [-0.2, 0) is 17.8 Å². The summed E-state index contributed by atoms with van der Waals surface area (Å²) in [5.74, 6) is 0.291. The van der Waals surface area contributed by atoms with Gasteiger partial charge < -0.3 is 4.90 Å². The lowest BCUT2D eigenvalue weighted by molar-refractivity contribution is -0.125. The molecule has 1 saturated heterocycles. The van der Waals surface area contributed by atoms with Gasteiger partial charge in [-0.2, -0.15) is 5.10 Å². The van der Waals surface area contributed by atoms with E-state index in [1.165, 1.54) is 0 Å². The van der Waals surface area contributed by atoms with E-state index in [4.69, 9.17) is 0 Å². The monoisotopic (exact) mass is 250 g/mol. The van der Waals surface area contributed by atoms with Gasteiger partial charge in [-0.1, -0.05) is 0 Å². The zero-order valence-corrected chi connectivity index (χ0v) is 11.5. The molecule has 0 radical (unpaired) electrons. The Morgan fingerprint density at radius 1 is 1.44 bits per heavy atom. The molecule has 1 aromatic rings. The largest absolute Gasteiger partial charge is 0.303 e. The quantitative estimate of drug-likeness (QED) is 0.769. The van der Waals surface area contributed by atoms with Crippen LogP contribution in [0.15, 0.2) is 12.4 Å². The fourth-order valence-corrected chi connectivity index (χ4v) is 2.35. The van der Waals surface area contributed by atoms with Crippen LogP contribution >= 0.6 is 0 Å². The summed E-state index contributed by atoms with van der Waals surface area (Å²) in [7, 11) is 4.10. The SMILES string of the molecule is CCn1cc(CC(=O)C2CN(C)CCN2C)cn1. The predicted molar refractivity (Wildman–Crippen MR) is 70.5 cm³/mol. The summed E-state index contributed by atoms with van der Waals surface area (Å²) in [5, 5.41) is 4.21. The predicted octanol–water partition coefficient (Wildman–Crippen LogP) is 0.260. The molecule has 5 heteroatoms. The van der Waals surface area contributed by atoms with Gasteiger partial charge in [-0.15, -0.1) is 0 Å². The van der Waals surface area contributed by atoms with Crippen LogP contribution in [0, 0.1) is 0 Å². The number of Topliss-reactive ketones (excluding diaryl/α,β-unsaturated/α-hetero) is 1. The summed E-state index contributed by atoms with van der Waals surface area (Å²) in [6, 6.07) is 0.0220. The summed E-state index contributed by atoms with van der Waals surface area (Å²) in [5.41, 5.74) is 1.02. The Labute approximate surface area is 108 Å². The third-order valence-corrected chi connectivity index (χ3v) is 3.61. The van der Waals surface area contributed by atoms with Crippen molar-refractivity contribution in [2.75, 3.05) is 33.7 Å². The minimum Gasteiger partial charge on any atom is -0.303 e. The first-order chi connectivity index (χ1) is 8.60. The van der Waals surface area contributed by atoms with Gasteiger partial charge in [-0.25, -0.2) is 0 Å². The number of ketones is 1. The highest BCUT2D eigenvalue weighted by molar-refractivity contribution is 5.86. The van der Waals surface area contributed by atoms with E-state index in [2.05, 4.69) is 21.9 Å². The maximum Gasteiger partial charge on any atom is 0.155 e. The van der Waals surface area contributed by atoms with Gasteiger partial charge in [0.1, 0.15) is 0 Å². The first-order valence-corrected chi connectivity index (χ1v) is 6.53. The number of rotatable bonds is 4. The van der Waals surface area contributed by atoms with Gasteiger partial charge in [-0.05, 0) is 26.6 Å². The Bertz CT molecular complexity index is 415. The van der Waals surface area contributed by atoms with Crippen LogP contribution in [-0.4, -0.2) is 65.1 Å². The van der Waals surface area contributed by atoms with Crippen molar-refractivity contribution < 1.29 is 4.79 Å². The van der Waals surface area contributed by atoms with E-state index in [-0.39, 0.29) is 6.04 Å². The average Bonchev–Trinajstić information content (AvgIpc) is 2.80. The van der Waals surface area contributed by atoms with Crippen molar-refractivity contribution in [1.29, 1.82) is 0 Å². The molecule has 0 amide bonds. The highest BCUT2D eigenvalue weighted by Crippen LogP contribution is 2.10. The van der Waals surface area contributed by atoms with E-state index in [9.17, 15) is 4.79 Å². The van der Waals surface area contributed by atoms with Crippen LogP contribution in [0.3, 0.4) is 0 Å². The summed E-state index contributed by atoms with van der Waals surface area (Å²) >= 11 is 0. The lowest BCUT2D eigenvalue weighted by Crippen LogP contribution is -2.53. The topological polar surface area (TPSA) is 41.4 Å². The Morgan fingerprint density at radius 3 is 2.89 bits per heavy atom. The van der Waals surface area contributed by atoms with Gasteiger partial charge >= 0.3 is 0 Å². The molecule has 1 aliphatic heterocycles. The summed E-state index contributed by atoms with van der Waals surface area (Å²) in [6.45, 7) is 5.72. The van der Waals surface area contributed by atoms with Crippen molar-refractivity contribution in [3.63, 3.8) is 0 Å². The average molecular weight is 250 g/mol. The molecule has 0 saturated carbocycles. The minimum absolute atomic E-state index is 0.0220. The first-order valence-electron chi connectivity index (χ1n) is 6.53. The fraction of sp³-hybridized carbons (Fsp3) is 0.692. The summed E-state index contributed by atoms with van der Waals surface area (Å²) in [6.07, 6.45) is 4.25. The summed E-state index contributed by atoms with van der Waals surface area (Å²) in [4.78, 5) is 16.7. The maximum absolute atomic E-state index is 12.3. The Kier molecular flexibility index (Phi) is 4.14. The van der Waals surface area contributed by atoms with Gasteiger partial charge in [0, 0.05) is 38.8 Å². The lowest BCUT2D eigenvalue weighted by atomic mass is 10.0. The van der Waals surface area contributed by atoms with E-state index in [1.54, 1.807) is 6.20 Å². The van der Waals surface area contributed by atoms with Crippen molar-refractivity contribution in [2.24, 2.45) is 0 Å². The molecular formula is C13H22N4O. The number of likely N-dealkylation sites (N-methyl/N-ethyl adjacent to an activating group) is 2. The second-order valence-electron chi connectivity index (χ2n) is 5.11. The molecule has 1 fully saturated rings. The molecule has 0 spiro atoms. The van der Waals surface area contributed by atoms with Crippen molar-refractivity contribution in [2.45, 2.75) is 25.9 Å². The number of carbonyl (C=O) groups is 1. The van der Waals surface area contributed by atoms with Gasteiger partial charge in [0.2, 0.25) is 0 Å². The molecular weight excluding hydrogens is 228 g/mol. The molecule has 5 nitrogen and oxygen atoms in total. The van der Waals surface area contributed by atoms with Crippen molar-refractivity contribution in [3.05, 3.63) is 18.0 Å². The normalized spacial score (nSPS) is 22.3. The third-order valence-electron chi connectivity index (χ3n) is 3.61. The maximum atomic E-state index is 12.3. The van der Waals surface area contributed by atoms with E-state index >= 15 is 0 Å². The molecule has 1 aliphatic rings. The second-order valence-corrected chi connectivity index (χ2v) is 5.11. The van der Waals surface area contributed by atoms with E-state index in [0.717, 1.165) is 31.7 Å². The lowest BCUT2D eigenvalue weighted by Gasteiger charge is -2.36. The molecule has 100 valence electrons. The number of aromatic nitrogens is 2. The summed E-state index contributed by atoms with van der Waals surface area (Å²) < 4.78 is 1.86. The van der Waals surface area contributed by atoms with Crippen LogP contribution < -0.4 is 0 Å². The number of hydrogen-bond donors (Lipinski definition) is 0. The van der Waals surface area contributed by atoms with E-state index in [1.807, 2.05) is 24.9 Å². The van der Waals surface area contributed by atoms with Crippen molar-refractivity contribution in [1.82, 2.24) is 19.6 Å². The van der Waals surface area contributed by atoms with Crippen molar-refractivity contribution >= 4 is 5.78 Å². The van der Waals surface area contributed by atoms with Crippen molar-refractivity contribution in [3.8, 4) is 0 Å². The highest BCUT2D eigenvalue weighted by atomic mass is 16.1. The molecule has 0 N–H and O–H groups in total. The van der Waals surface area contributed by atoms with Crippen LogP contribution in [0.2, 0.25) is 0 Å². The Balaban J connectivity index is 1.98. The number of aryl methyl sites for hydroxylation is 1. The van der Waals surface area contributed by atoms with Gasteiger partial charge in [0.25, 0.3) is 0 Å². The molecule has 0 bridgehead atoms. The number of hydrogen-bond acceptors (Lipinski definition) is 4. The Morgan fingerprint density at radius 2 is 2.22 bits per heavy atom. The van der Waals surface area contributed by atoms with E-state index < -0.39 is 0 Å². The zero-order valence-electron chi connectivity index (χ0n) is 11.5. The van der Waals surface area contributed by atoms with Gasteiger partial charge in [-0.3, -0.25) is 14.4 Å². The molecule has 18 heavy (non-hydrogen) atoms. The third kappa shape index (κ3) is 2.97. The minimum atomic E-state index is 0.0220. The van der Waals surface area contributed by atoms with E-state index in [0.29, 0.717) is 12.2 Å². The zero-order chi connectivity index (χ0) is 13.1. The highest BCUT2D eigenvalue weighted by Gasteiger charge is 2.28. The second kappa shape index (κ2) is 5.63. The molecule has 2 heterocycles. The number of piperazine rings is 1. The molecule has 2 rings (SSSR count). The fourth-order valence-electron chi connectivity index (χ4n) is 2.35. The first kappa shape index (κ1) is 13.2. The molecule has 0 aromatic carbocycles. The molecule has 1 unspecified atom stereocenters. The van der Waals surface area contributed by atoms with Gasteiger partial charge in [0.15, 0.2) is 5.78 Å². The van der Waals surface area contributed by atoms with Crippen LogP contribution in [0.5, 0.6) is 0 Å². The van der Waals surface area contributed by atoms with Crippen LogP contribution in [0.1, 0.15) is 12.5 Å². The Hall–Kier alpha value is -1.20. The smallest absolute Gasteiger partial charge is 0.155 e. The molecule has 1 atom stereocenters. The van der Waals surface area contributed by atoms with Crippen LogP contribution in [0.4, 0.5) is 0 Å². The number of nitrogens with zero attached hydrogens (tertiary/aromatic N) is 4. The van der Waals surface area contributed by atoms with Crippen LogP contribution in [0.25, 0.3) is 0 Å². The van der Waals surface area contributed by atoms with Gasteiger partial charge in [0.05, 0.1) is 12.2 Å². The standard InChI is InChI=1S/C13H22N4O/c1-4-17-9-11(8-14-17)7-13(18)12-10-15(2)5-6-16(12)3/h8-9,12H,4-7,10H2,1-3H3. The molecule has 0 aliphatic carbocycles.